The Balaban J connectivity index is 2.01. The van der Waals surface area contributed by atoms with Crippen molar-refractivity contribution in [2.45, 2.75) is 13.8 Å². The fourth-order valence-corrected chi connectivity index (χ4v) is 2.36. The van der Waals surface area contributed by atoms with E-state index in [-0.39, 0.29) is 4.99 Å². The van der Waals surface area contributed by atoms with Gasteiger partial charge in [-0.25, -0.2) is 0 Å². The number of aryl methyl sites for hydroxylation is 1. The van der Waals surface area contributed by atoms with Crippen LogP contribution in [0.4, 0.5) is 0 Å². The lowest BCUT2D eigenvalue weighted by atomic mass is 10.1. The first-order valence-electron chi connectivity index (χ1n) is 7.33. The molecule has 2 N–H and O–H groups in total. The molecule has 0 saturated carbocycles. The molecule has 2 aromatic carbocycles. The lowest BCUT2D eigenvalue weighted by molar-refractivity contribution is 0.210. The molecule has 0 aliphatic carbocycles. The van der Waals surface area contributed by atoms with E-state index in [1.165, 1.54) is 5.56 Å². The highest BCUT2D eigenvalue weighted by atomic mass is 32.1. The van der Waals surface area contributed by atoms with Crippen molar-refractivity contribution in [3.8, 4) is 17.2 Å². The van der Waals surface area contributed by atoms with Crippen LogP contribution in [0.3, 0.4) is 0 Å². The number of ether oxygens (including phenoxy) is 3. The van der Waals surface area contributed by atoms with Crippen LogP contribution in [-0.4, -0.2) is 25.3 Å². The third kappa shape index (κ3) is 4.13. The average Bonchev–Trinajstić information content (AvgIpc) is 2.54. The summed E-state index contributed by atoms with van der Waals surface area (Å²) in [5.74, 6) is 2.01. The van der Waals surface area contributed by atoms with Crippen LogP contribution in [0.2, 0.25) is 0 Å². The lowest BCUT2D eigenvalue weighted by Gasteiger charge is -2.15. The fraction of sp³-hybridized carbons (Fsp3) is 0.278. The number of hydrogen-bond donors (Lipinski definition) is 1. The Morgan fingerprint density at radius 3 is 2.35 bits per heavy atom. The maximum atomic E-state index is 5.79. The molecule has 0 aromatic heterocycles. The van der Waals surface area contributed by atoms with Gasteiger partial charge in [-0.2, -0.15) is 0 Å². The Bertz CT molecular complexity index is 701. The number of benzene rings is 2. The lowest BCUT2D eigenvalue weighted by Crippen LogP contribution is -2.15. The zero-order chi connectivity index (χ0) is 16.8. The van der Waals surface area contributed by atoms with E-state index in [9.17, 15) is 0 Å². The summed E-state index contributed by atoms with van der Waals surface area (Å²) in [5, 5.41) is 0. The summed E-state index contributed by atoms with van der Waals surface area (Å²) in [5.41, 5.74) is 8.72. The van der Waals surface area contributed by atoms with Gasteiger partial charge in [-0.3, -0.25) is 0 Å². The van der Waals surface area contributed by atoms with Gasteiger partial charge in [0.25, 0.3) is 0 Å². The third-order valence-electron chi connectivity index (χ3n) is 3.61. The van der Waals surface area contributed by atoms with E-state index in [4.69, 9.17) is 32.2 Å². The van der Waals surface area contributed by atoms with Gasteiger partial charge in [0.05, 0.1) is 12.7 Å². The van der Waals surface area contributed by atoms with Crippen molar-refractivity contribution in [1.82, 2.24) is 0 Å². The molecule has 2 aromatic rings. The van der Waals surface area contributed by atoms with Crippen LogP contribution in [0.15, 0.2) is 36.4 Å². The second-order valence-corrected chi connectivity index (χ2v) is 5.54. The van der Waals surface area contributed by atoms with E-state index in [2.05, 4.69) is 13.0 Å². The van der Waals surface area contributed by atoms with Crippen LogP contribution >= 0.6 is 12.2 Å². The molecule has 0 fully saturated rings. The van der Waals surface area contributed by atoms with Crippen molar-refractivity contribution in [2.24, 2.45) is 5.73 Å². The normalized spacial score (nSPS) is 10.2. The third-order valence-corrected chi connectivity index (χ3v) is 3.83. The molecular weight excluding hydrogens is 310 g/mol. The molecule has 0 aliphatic rings. The van der Waals surface area contributed by atoms with Crippen molar-refractivity contribution in [3.05, 3.63) is 53.1 Å². The predicted molar refractivity (Wildman–Crippen MR) is 95.8 cm³/mol. The molecule has 122 valence electrons. The van der Waals surface area contributed by atoms with Crippen LogP contribution in [0.5, 0.6) is 17.2 Å². The van der Waals surface area contributed by atoms with E-state index >= 15 is 0 Å². The Labute approximate surface area is 142 Å². The Morgan fingerprint density at radius 2 is 1.65 bits per heavy atom. The first-order valence-corrected chi connectivity index (χ1v) is 7.74. The molecule has 0 aliphatic heterocycles. The Hall–Kier alpha value is -2.27. The topological polar surface area (TPSA) is 53.7 Å². The molecule has 0 amide bonds. The second kappa shape index (κ2) is 7.83. The minimum atomic E-state index is 0.273. The van der Waals surface area contributed by atoms with Crippen LogP contribution in [-0.2, 0) is 0 Å². The summed E-state index contributed by atoms with van der Waals surface area (Å²) < 4.78 is 16.9. The number of rotatable bonds is 7. The number of hydrogen-bond acceptors (Lipinski definition) is 4. The number of methoxy groups -OCH3 is 1. The molecule has 0 bridgehead atoms. The van der Waals surface area contributed by atoms with Gasteiger partial charge in [0, 0.05) is 0 Å². The highest BCUT2D eigenvalue weighted by Crippen LogP contribution is 2.31. The highest BCUT2D eigenvalue weighted by molar-refractivity contribution is 7.80. The smallest absolute Gasteiger partial charge is 0.171 e. The van der Waals surface area contributed by atoms with Crippen LogP contribution in [0, 0.1) is 13.8 Å². The summed E-state index contributed by atoms with van der Waals surface area (Å²) in [4.78, 5) is 0.273. The summed E-state index contributed by atoms with van der Waals surface area (Å²) in [6, 6.07) is 11.4. The molecule has 0 spiro atoms. The van der Waals surface area contributed by atoms with E-state index in [0.29, 0.717) is 30.3 Å². The van der Waals surface area contributed by atoms with Crippen LogP contribution in [0.1, 0.15) is 16.7 Å². The monoisotopic (exact) mass is 331 g/mol. The van der Waals surface area contributed by atoms with Crippen molar-refractivity contribution < 1.29 is 14.2 Å². The van der Waals surface area contributed by atoms with Crippen LogP contribution < -0.4 is 19.9 Å². The number of para-hydroxylation sites is 1. The van der Waals surface area contributed by atoms with E-state index in [0.717, 1.165) is 11.3 Å². The zero-order valence-corrected chi connectivity index (χ0v) is 14.4. The van der Waals surface area contributed by atoms with Gasteiger partial charge in [-0.1, -0.05) is 30.4 Å². The summed E-state index contributed by atoms with van der Waals surface area (Å²) in [6.45, 7) is 4.88. The van der Waals surface area contributed by atoms with Gasteiger partial charge >= 0.3 is 0 Å². The van der Waals surface area contributed by atoms with Gasteiger partial charge < -0.3 is 19.9 Å². The molecule has 0 atom stereocenters. The van der Waals surface area contributed by atoms with E-state index in [1.54, 1.807) is 7.11 Å². The van der Waals surface area contributed by atoms with Gasteiger partial charge in [0.1, 0.15) is 24.0 Å². The predicted octanol–water partition coefficient (Wildman–Crippen LogP) is 3.40. The maximum absolute atomic E-state index is 5.79. The van der Waals surface area contributed by atoms with E-state index in [1.807, 2.05) is 37.3 Å². The second-order valence-electron chi connectivity index (χ2n) is 5.10. The Morgan fingerprint density at radius 1 is 1.00 bits per heavy atom. The summed E-state index contributed by atoms with van der Waals surface area (Å²) in [6.07, 6.45) is 0. The molecule has 0 unspecified atom stereocenters. The van der Waals surface area contributed by atoms with Gasteiger partial charge in [-0.15, -0.1) is 0 Å². The van der Waals surface area contributed by atoms with E-state index < -0.39 is 0 Å². The quantitative estimate of drug-likeness (QED) is 0.622. The highest BCUT2D eigenvalue weighted by Gasteiger charge is 2.12. The zero-order valence-electron chi connectivity index (χ0n) is 13.6. The average molecular weight is 331 g/mol. The largest absolute Gasteiger partial charge is 0.493 e. The molecule has 5 heteroatoms. The van der Waals surface area contributed by atoms with Crippen molar-refractivity contribution in [2.75, 3.05) is 20.3 Å². The maximum Gasteiger partial charge on any atom is 0.171 e. The standard InChI is InChI=1S/C18H21NO3S/c1-12-6-4-8-15(13(12)2)21-10-11-22-17-14(18(19)23)7-5-9-16(17)20-3/h4-9H,10-11H2,1-3H3,(H2,19,23). The number of nitrogens with two attached hydrogens (primary N) is 1. The minimum Gasteiger partial charge on any atom is -0.493 e. The first-order chi connectivity index (χ1) is 11.0. The van der Waals surface area contributed by atoms with Gasteiger partial charge in [-0.05, 0) is 43.2 Å². The molecule has 2 rings (SSSR count). The summed E-state index contributed by atoms with van der Waals surface area (Å²) >= 11 is 5.05. The SMILES string of the molecule is COc1cccc(C(N)=S)c1OCCOc1cccc(C)c1C. The van der Waals surface area contributed by atoms with Crippen molar-refractivity contribution in [3.63, 3.8) is 0 Å². The van der Waals surface area contributed by atoms with Crippen molar-refractivity contribution in [1.29, 1.82) is 0 Å². The molecule has 23 heavy (non-hydrogen) atoms. The minimum absolute atomic E-state index is 0.273. The first kappa shape index (κ1) is 17.1. The van der Waals surface area contributed by atoms with Crippen molar-refractivity contribution >= 4 is 17.2 Å². The van der Waals surface area contributed by atoms with Gasteiger partial charge in [0.2, 0.25) is 0 Å². The summed E-state index contributed by atoms with van der Waals surface area (Å²) in [7, 11) is 1.58. The molecule has 0 saturated heterocycles. The molecule has 4 nitrogen and oxygen atoms in total. The van der Waals surface area contributed by atoms with Crippen LogP contribution in [0.25, 0.3) is 0 Å². The fourth-order valence-electron chi connectivity index (χ4n) is 2.20. The number of thiocarbonyl (C=S) groups is 1. The molecule has 0 radical (unpaired) electrons. The Kier molecular flexibility index (Phi) is 5.82. The molecular formula is C18H21NO3S. The molecule has 0 heterocycles. The van der Waals surface area contributed by atoms with Gasteiger partial charge in [0.15, 0.2) is 11.5 Å².